The number of para-hydroxylation sites is 1. The van der Waals surface area contributed by atoms with Crippen LogP contribution in [0.4, 0.5) is 5.13 Å². The Balaban J connectivity index is 1.63. The molecule has 28 heavy (non-hydrogen) atoms. The number of thiazole rings is 1. The maximum Gasteiger partial charge on any atom is 0.342 e. The Kier molecular flexibility index (Phi) is 6.78. The SMILES string of the molecule is CC(=O)Nc1nc(COC(=O)c2ccccc2OCc2ccccc2Br)cs1. The predicted octanol–water partition coefficient (Wildman–Crippen LogP) is 4.80. The zero-order valence-corrected chi connectivity index (χ0v) is 17.4. The summed E-state index contributed by atoms with van der Waals surface area (Å²) in [6, 6.07) is 14.7. The summed E-state index contributed by atoms with van der Waals surface area (Å²) < 4.78 is 12.1. The van der Waals surface area contributed by atoms with Crippen LogP contribution in [0.3, 0.4) is 0 Å². The van der Waals surface area contributed by atoms with Crippen LogP contribution >= 0.6 is 27.3 Å². The number of hydrogen-bond donors (Lipinski definition) is 1. The van der Waals surface area contributed by atoms with Gasteiger partial charge in [0, 0.05) is 22.3 Å². The second kappa shape index (κ2) is 9.48. The van der Waals surface area contributed by atoms with Gasteiger partial charge >= 0.3 is 5.97 Å². The van der Waals surface area contributed by atoms with Gasteiger partial charge in [0.25, 0.3) is 0 Å². The predicted molar refractivity (Wildman–Crippen MR) is 110 cm³/mol. The van der Waals surface area contributed by atoms with Crippen LogP contribution in [0.5, 0.6) is 5.75 Å². The van der Waals surface area contributed by atoms with Gasteiger partial charge in [0.2, 0.25) is 5.91 Å². The molecule has 0 aliphatic carbocycles. The molecule has 144 valence electrons. The minimum atomic E-state index is -0.503. The third kappa shape index (κ3) is 5.40. The first-order chi connectivity index (χ1) is 13.5. The number of nitrogens with zero attached hydrogens (tertiary/aromatic N) is 1. The normalized spacial score (nSPS) is 10.4. The van der Waals surface area contributed by atoms with Crippen molar-refractivity contribution >= 4 is 44.3 Å². The number of aromatic nitrogens is 1. The van der Waals surface area contributed by atoms with Gasteiger partial charge < -0.3 is 14.8 Å². The third-order valence-electron chi connectivity index (χ3n) is 3.63. The van der Waals surface area contributed by atoms with Crippen LogP contribution in [0.25, 0.3) is 0 Å². The van der Waals surface area contributed by atoms with Gasteiger partial charge in [0.15, 0.2) is 5.13 Å². The molecule has 1 heterocycles. The fourth-order valence-electron chi connectivity index (χ4n) is 2.33. The first kappa shape index (κ1) is 20.0. The maximum absolute atomic E-state index is 12.5. The first-order valence-corrected chi connectivity index (χ1v) is 10.0. The molecule has 0 saturated heterocycles. The van der Waals surface area contributed by atoms with Gasteiger partial charge in [-0.05, 0) is 18.2 Å². The van der Waals surface area contributed by atoms with Crippen molar-refractivity contribution in [1.82, 2.24) is 4.98 Å². The standard InChI is InChI=1S/C20H17BrN2O4S/c1-13(24)22-20-23-15(12-28-20)11-27-19(25)16-7-3-5-9-18(16)26-10-14-6-2-4-8-17(14)21/h2-9,12H,10-11H2,1H3,(H,22,23,24). The molecule has 0 radical (unpaired) electrons. The maximum atomic E-state index is 12.5. The number of rotatable bonds is 7. The van der Waals surface area contributed by atoms with Crippen molar-refractivity contribution in [1.29, 1.82) is 0 Å². The van der Waals surface area contributed by atoms with E-state index >= 15 is 0 Å². The van der Waals surface area contributed by atoms with E-state index < -0.39 is 5.97 Å². The summed E-state index contributed by atoms with van der Waals surface area (Å²) in [5, 5.41) is 4.79. The monoisotopic (exact) mass is 460 g/mol. The second-order valence-corrected chi connectivity index (χ2v) is 7.49. The smallest absolute Gasteiger partial charge is 0.342 e. The number of esters is 1. The number of carbonyl (C=O) groups excluding carboxylic acids is 2. The highest BCUT2D eigenvalue weighted by Crippen LogP contribution is 2.23. The van der Waals surface area contributed by atoms with Crippen LogP contribution in [-0.2, 0) is 22.7 Å². The summed E-state index contributed by atoms with van der Waals surface area (Å²) in [7, 11) is 0. The Hall–Kier alpha value is -2.71. The molecule has 0 atom stereocenters. The molecule has 6 nitrogen and oxygen atoms in total. The molecule has 0 saturated carbocycles. The molecule has 3 aromatic rings. The van der Waals surface area contributed by atoms with E-state index in [1.807, 2.05) is 24.3 Å². The average molecular weight is 461 g/mol. The molecule has 0 fully saturated rings. The molecule has 0 spiro atoms. The second-order valence-electron chi connectivity index (χ2n) is 5.78. The van der Waals surface area contributed by atoms with E-state index in [0.29, 0.717) is 28.7 Å². The molecule has 3 rings (SSSR count). The van der Waals surface area contributed by atoms with Crippen molar-refractivity contribution in [3.05, 3.63) is 75.2 Å². The van der Waals surface area contributed by atoms with Crippen LogP contribution in [0.15, 0.2) is 58.4 Å². The average Bonchev–Trinajstić information content (AvgIpc) is 3.12. The van der Waals surface area contributed by atoms with E-state index in [0.717, 1.165) is 10.0 Å². The molecule has 0 bridgehead atoms. The highest BCUT2D eigenvalue weighted by atomic mass is 79.9. The Bertz CT molecular complexity index is 990. The summed E-state index contributed by atoms with van der Waals surface area (Å²) in [5.41, 5.74) is 1.87. The number of ether oxygens (including phenoxy) is 2. The molecular formula is C20H17BrN2O4S. The van der Waals surface area contributed by atoms with Crippen LogP contribution < -0.4 is 10.1 Å². The fraction of sp³-hybridized carbons (Fsp3) is 0.150. The van der Waals surface area contributed by atoms with Gasteiger partial charge in [-0.2, -0.15) is 0 Å². The van der Waals surface area contributed by atoms with Gasteiger partial charge in [0.1, 0.15) is 24.5 Å². The summed E-state index contributed by atoms with van der Waals surface area (Å²) >= 11 is 4.75. The summed E-state index contributed by atoms with van der Waals surface area (Å²) in [5.74, 6) is -0.258. The molecular weight excluding hydrogens is 444 g/mol. The molecule has 8 heteroatoms. The lowest BCUT2D eigenvalue weighted by Gasteiger charge is -2.11. The first-order valence-electron chi connectivity index (χ1n) is 8.37. The van der Waals surface area contributed by atoms with E-state index in [2.05, 4.69) is 26.2 Å². The van der Waals surface area contributed by atoms with E-state index in [-0.39, 0.29) is 12.5 Å². The van der Waals surface area contributed by atoms with Crippen LogP contribution in [0.2, 0.25) is 0 Å². The van der Waals surface area contributed by atoms with Gasteiger partial charge in [0.05, 0.1) is 5.69 Å². The minimum Gasteiger partial charge on any atom is -0.488 e. The number of nitrogens with one attached hydrogen (secondary N) is 1. The van der Waals surface area contributed by atoms with E-state index in [1.54, 1.807) is 29.6 Å². The van der Waals surface area contributed by atoms with Crippen molar-refractivity contribution in [3.8, 4) is 5.75 Å². The molecule has 2 aromatic carbocycles. The quantitative estimate of drug-likeness (QED) is 0.512. The number of benzene rings is 2. The zero-order valence-electron chi connectivity index (χ0n) is 15.0. The number of hydrogen-bond acceptors (Lipinski definition) is 6. The van der Waals surface area contributed by atoms with Gasteiger partial charge in [-0.3, -0.25) is 4.79 Å². The Morgan fingerprint density at radius 2 is 1.86 bits per heavy atom. The summed E-state index contributed by atoms with van der Waals surface area (Å²) in [6.07, 6.45) is 0. The highest BCUT2D eigenvalue weighted by Gasteiger charge is 2.15. The molecule has 0 aliphatic rings. The lowest BCUT2D eigenvalue weighted by molar-refractivity contribution is -0.114. The lowest BCUT2D eigenvalue weighted by Crippen LogP contribution is -2.09. The largest absolute Gasteiger partial charge is 0.488 e. The third-order valence-corrected chi connectivity index (χ3v) is 5.21. The molecule has 1 amide bonds. The van der Waals surface area contributed by atoms with E-state index in [4.69, 9.17) is 9.47 Å². The van der Waals surface area contributed by atoms with Crippen LogP contribution in [0.1, 0.15) is 28.5 Å². The van der Waals surface area contributed by atoms with Crippen molar-refractivity contribution < 1.29 is 19.1 Å². The van der Waals surface area contributed by atoms with E-state index in [1.165, 1.54) is 18.3 Å². The minimum absolute atomic E-state index is 0.00743. The lowest BCUT2D eigenvalue weighted by atomic mass is 10.2. The summed E-state index contributed by atoms with van der Waals surface area (Å²) in [6.45, 7) is 1.73. The fourth-order valence-corrected chi connectivity index (χ4v) is 3.47. The number of amides is 1. The Labute approximate surface area is 174 Å². The van der Waals surface area contributed by atoms with Gasteiger partial charge in [-0.1, -0.05) is 46.3 Å². The molecule has 0 unspecified atom stereocenters. The van der Waals surface area contributed by atoms with Crippen LogP contribution in [-0.4, -0.2) is 16.9 Å². The van der Waals surface area contributed by atoms with Crippen molar-refractivity contribution in [2.45, 2.75) is 20.1 Å². The van der Waals surface area contributed by atoms with Gasteiger partial charge in [-0.15, -0.1) is 11.3 Å². The molecule has 0 aliphatic heterocycles. The van der Waals surface area contributed by atoms with Gasteiger partial charge in [-0.25, -0.2) is 9.78 Å². The Morgan fingerprint density at radius 3 is 2.64 bits per heavy atom. The zero-order chi connectivity index (χ0) is 19.9. The summed E-state index contributed by atoms with van der Waals surface area (Å²) in [4.78, 5) is 27.7. The number of carbonyl (C=O) groups is 2. The van der Waals surface area contributed by atoms with Crippen LogP contribution in [0, 0.1) is 0 Å². The van der Waals surface area contributed by atoms with Crippen molar-refractivity contribution in [3.63, 3.8) is 0 Å². The topological polar surface area (TPSA) is 77.5 Å². The number of halogens is 1. The molecule has 1 aromatic heterocycles. The highest BCUT2D eigenvalue weighted by molar-refractivity contribution is 9.10. The Morgan fingerprint density at radius 1 is 1.11 bits per heavy atom. The van der Waals surface area contributed by atoms with E-state index in [9.17, 15) is 9.59 Å². The molecule has 1 N–H and O–H groups in total. The number of anilines is 1. The van der Waals surface area contributed by atoms with Crippen molar-refractivity contribution in [2.24, 2.45) is 0 Å². The van der Waals surface area contributed by atoms with Crippen molar-refractivity contribution in [2.75, 3.05) is 5.32 Å².